The zero-order chi connectivity index (χ0) is 15.0. The van der Waals surface area contributed by atoms with Gasteiger partial charge in [0.1, 0.15) is 0 Å². The van der Waals surface area contributed by atoms with Crippen molar-refractivity contribution < 1.29 is 4.79 Å². The SMILES string of the molecule is CCCc1ccccc1NC(=O)CC(CN)CC(C)C. The molecule has 1 unspecified atom stereocenters. The van der Waals surface area contributed by atoms with Gasteiger partial charge in [-0.05, 0) is 42.9 Å². The molecule has 0 aliphatic heterocycles. The molecule has 3 heteroatoms. The summed E-state index contributed by atoms with van der Waals surface area (Å²) in [5.74, 6) is 0.918. The van der Waals surface area contributed by atoms with Gasteiger partial charge >= 0.3 is 0 Å². The highest BCUT2D eigenvalue weighted by atomic mass is 16.1. The van der Waals surface area contributed by atoms with Crippen molar-refractivity contribution in [2.75, 3.05) is 11.9 Å². The maximum absolute atomic E-state index is 12.2. The monoisotopic (exact) mass is 276 g/mol. The topological polar surface area (TPSA) is 55.1 Å². The Hall–Kier alpha value is -1.35. The molecule has 0 aromatic heterocycles. The Kier molecular flexibility index (Phi) is 7.31. The van der Waals surface area contributed by atoms with Gasteiger partial charge in [-0.3, -0.25) is 4.79 Å². The van der Waals surface area contributed by atoms with Crippen molar-refractivity contribution in [2.45, 2.75) is 46.5 Å². The van der Waals surface area contributed by atoms with Gasteiger partial charge in [0.15, 0.2) is 0 Å². The van der Waals surface area contributed by atoms with Gasteiger partial charge < -0.3 is 11.1 Å². The number of carbonyl (C=O) groups excluding carboxylic acids is 1. The lowest BCUT2D eigenvalue weighted by molar-refractivity contribution is -0.117. The van der Waals surface area contributed by atoms with Crippen molar-refractivity contribution in [3.05, 3.63) is 29.8 Å². The van der Waals surface area contributed by atoms with Gasteiger partial charge in [-0.2, -0.15) is 0 Å². The number of para-hydroxylation sites is 1. The molecule has 0 radical (unpaired) electrons. The smallest absolute Gasteiger partial charge is 0.224 e. The lowest BCUT2D eigenvalue weighted by Crippen LogP contribution is -2.23. The zero-order valence-corrected chi connectivity index (χ0v) is 13.0. The van der Waals surface area contributed by atoms with E-state index in [1.807, 2.05) is 18.2 Å². The van der Waals surface area contributed by atoms with E-state index in [1.165, 1.54) is 5.56 Å². The molecule has 1 amide bonds. The van der Waals surface area contributed by atoms with Crippen molar-refractivity contribution in [1.29, 1.82) is 0 Å². The third-order valence-electron chi connectivity index (χ3n) is 3.42. The van der Waals surface area contributed by atoms with Crippen molar-refractivity contribution in [3.8, 4) is 0 Å². The summed E-state index contributed by atoms with van der Waals surface area (Å²) >= 11 is 0. The van der Waals surface area contributed by atoms with Crippen molar-refractivity contribution in [1.82, 2.24) is 0 Å². The Morgan fingerprint density at radius 1 is 1.30 bits per heavy atom. The molecule has 0 aliphatic rings. The average Bonchev–Trinajstić information content (AvgIpc) is 2.40. The highest BCUT2D eigenvalue weighted by molar-refractivity contribution is 5.91. The van der Waals surface area contributed by atoms with E-state index in [1.54, 1.807) is 0 Å². The second kappa shape index (κ2) is 8.75. The molecule has 0 spiro atoms. The van der Waals surface area contributed by atoms with Crippen LogP contribution < -0.4 is 11.1 Å². The molecular formula is C17H28N2O. The van der Waals surface area contributed by atoms with Crippen LogP contribution in [0.25, 0.3) is 0 Å². The first kappa shape index (κ1) is 16.7. The molecule has 0 fully saturated rings. The Morgan fingerprint density at radius 2 is 2.00 bits per heavy atom. The van der Waals surface area contributed by atoms with E-state index in [-0.39, 0.29) is 11.8 Å². The molecule has 0 saturated heterocycles. The summed E-state index contributed by atoms with van der Waals surface area (Å²) in [6.45, 7) is 7.04. The van der Waals surface area contributed by atoms with Gasteiger partial charge in [0.05, 0.1) is 0 Å². The number of benzene rings is 1. The predicted octanol–water partition coefficient (Wildman–Crippen LogP) is 3.59. The maximum Gasteiger partial charge on any atom is 0.224 e. The average molecular weight is 276 g/mol. The summed E-state index contributed by atoms with van der Waals surface area (Å²) in [6, 6.07) is 8.03. The van der Waals surface area contributed by atoms with E-state index in [9.17, 15) is 4.79 Å². The summed E-state index contributed by atoms with van der Waals surface area (Å²) in [6.07, 6.45) is 3.57. The lowest BCUT2D eigenvalue weighted by Gasteiger charge is -2.17. The minimum Gasteiger partial charge on any atom is -0.330 e. The number of rotatable bonds is 8. The molecule has 0 aliphatic carbocycles. The summed E-state index contributed by atoms with van der Waals surface area (Å²) in [5.41, 5.74) is 7.91. The summed E-state index contributed by atoms with van der Waals surface area (Å²) in [4.78, 5) is 12.2. The van der Waals surface area contributed by atoms with E-state index in [2.05, 4.69) is 32.2 Å². The summed E-state index contributed by atoms with van der Waals surface area (Å²) in [5, 5.41) is 3.04. The second-order valence-electron chi connectivity index (χ2n) is 5.89. The first-order valence-corrected chi connectivity index (χ1v) is 7.64. The molecule has 1 aromatic rings. The molecule has 3 nitrogen and oxygen atoms in total. The molecule has 1 rings (SSSR count). The van der Waals surface area contributed by atoms with E-state index >= 15 is 0 Å². The lowest BCUT2D eigenvalue weighted by atomic mass is 9.94. The van der Waals surface area contributed by atoms with Crippen LogP contribution >= 0.6 is 0 Å². The largest absolute Gasteiger partial charge is 0.330 e. The summed E-state index contributed by atoms with van der Waals surface area (Å²) in [7, 11) is 0. The third kappa shape index (κ3) is 5.74. The molecule has 1 atom stereocenters. The van der Waals surface area contributed by atoms with E-state index in [0.717, 1.165) is 24.9 Å². The second-order valence-corrected chi connectivity index (χ2v) is 5.89. The number of carbonyl (C=O) groups is 1. The van der Waals surface area contributed by atoms with Crippen molar-refractivity contribution in [3.63, 3.8) is 0 Å². The number of aryl methyl sites for hydroxylation is 1. The van der Waals surface area contributed by atoms with Crippen LogP contribution in [0.1, 0.15) is 45.6 Å². The zero-order valence-electron chi connectivity index (χ0n) is 13.0. The third-order valence-corrected chi connectivity index (χ3v) is 3.42. The molecular weight excluding hydrogens is 248 g/mol. The van der Waals surface area contributed by atoms with Crippen LogP contribution in [0.2, 0.25) is 0 Å². The Morgan fingerprint density at radius 3 is 2.60 bits per heavy atom. The number of hydrogen-bond donors (Lipinski definition) is 2. The number of nitrogens with two attached hydrogens (primary N) is 1. The molecule has 20 heavy (non-hydrogen) atoms. The molecule has 0 heterocycles. The molecule has 0 bridgehead atoms. The maximum atomic E-state index is 12.2. The van der Waals surface area contributed by atoms with Crippen LogP contribution in [0.3, 0.4) is 0 Å². The van der Waals surface area contributed by atoms with Crippen LogP contribution in [0.4, 0.5) is 5.69 Å². The number of anilines is 1. The van der Waals surface area contributed by atoms with Crippen molar-refractivity contribution in [2.24, 2.45) is 17.6 Å². The minimum atomic E-state index is 0.0738. The van der Waals surface area contributed by atoms with Crippen LogP contribution in [0, 0.1) is 11.8 Å². The molecule has 112 valence electrons. The first-order chi connectivity index (χ1) is 9.56. The molecule has 3 N–H and O–H groups in total. The van der Waals surface area contributed by atoms with Gasteiger partial charge in [-0.1, -0.05) is 45.4 Å². The Balaban J connectivity index is 2.61. The summed E-state index contributed by atoms with van der Waals surface area (Å²) < 4.78 is 0. The van der Waals surface area contributed by atoms with E-state index in [0.29, 0.717) is 18.9 Å². The van der Waals surface area contributed by atoms with Gasteiger partial charge in [0.25, 0.3) is 0 Å². The number of hydrogen-bond acceptors (Lipinski definition) is 2. The normalized spacial score (nSPS) is 12.4. The standard InChI is InChI=1S/C17H28N2O/c1-4-7-15-8-5-6-9-16(15)19-17(20)11-14(12-18)10-13(2)3/h5-6,8-9,13-14H,4,7,10-12,18H2,1-3H3,(H,19,20). The van der Waals surface area contributed by atoms with Crippen molar-refractivity contribution >= 4 is 11.6 Å². The van der Waals surface area contributed by atoms with Crippen LogP contribution in [0.5, 0.6) is 0 Å². The van der Waals surface area contributed by atoms with Crippen LogP contribution in [-0.2, 0) is 11.2 Å². The molecule has 0 saturated carbocycles. The fraction of sp³-hybridized carbons (Fsp3) is 0.588. The minimum absolute atomic E-state index is 0.0738. The highest BCUT2D eigenvalue weighted by Crippen LogP contribution is 2.19. The fourth-order valence-electron chi connectivity index (χ4n) is 2.52. The Labute approximate surface area is 122 Å². The van der Waals surface area contributed by atoms with Gasteiger partial charge in [0, 0.05) is 12.1 Å². The molecule has 1 aromatic carbocycles. The first-order valence-electron chi connectivity index (χ1n) is 7.64. The van der Waals surface area contributed by atoms with E-state index in [4.69, 9.17) is 5.73 Å². The predicted molar refractivity (Wildman–Crippen MR) is 85.7 cm³/mol. The quantitative estimate of drug-likeness (QED) is 0.762. The number of amides is 1. The highest BCUT2D eigenvalue weighted by Gasteiger charge is 2.15. The Bertz CT molecular complexity index is 415. The fourth-order valence-corrected chi connectivity index (χ4v) is 2.52. The van der Waals surface area contributed by atoms with E-state index < -0.39 is 0 Å². The number of nitrogens with one attached hydrogen (secondary N) is 1. The van der Waals surface area contributed by atoms with Gasteiger partial charge in [0.2, 0.25) is 5.91 Å². The van der Waals surface area contributed by atoms with Gasteiger partial charge in [-0.25, -0.2) is 0 Å². The van der Waals surface area contributed by atoms with Crippen LogP contribution in [0.15, 0.2) is 24.3 Å². The van der Waals surface area contributed by atoms with Crippen LogP contribution in [-0.4, -0.2) is 12.5 Å². The van der Waals surface area contributed by atoms with Gasteiger partial charge in [-0.15, -0.1) is 0 Å².